The van der Waals surface area contributed by atoms with Crippen molar-refractivity contribution < 1.29 is 4.74 Å². The fraction of sp³-hybridized carbons (Fsp3) is 0.606. The number of piperidine rings is 1. The molecular formula is C33H56N2O. The van der Waals surface area contributed by atoms with Gasteiger partial charge in [-0.05, 0) is 55.6 Å². The Hall–Kier alpha value is -2.06. The molecule has 0 radical (unpaired) electrons. The number of benzene rings is 1. The third-order valence-electron chi connectivity index (χ3n) is 6.11. The van der Waals surface area contributed by atoms with Crippen molar-refractivity contribution in [1.29, 1.82) is 0 Å². The molecule has 3 aliphatic rings. The standard InChI is InChI=1S/C25H32N2O.4C2H6/c1-2-9-25-27(24-13-8-4-7-12-22(24)20-28-25)23-15-18-26(19-16-23)17-14-21-10-5-3-6-11-21;4*1-2/h3,5-8,10-13,23,25H,2,9,14-20H2,1H3;4*1-2H3. The molecule has 204 valence electrons. The Morgan fingerprint density at radius 3 is 2.08 bits per heavy atom. The molecular weight excluding hydrogens is 440 g/mol. The van der Waals surface area contributed by atoms with Gasteiger partial charge in [0.1, 0.15) is 6.23 Å². The normalized spacial score (nSPS) is 18.7. The van der Waals surface area contributed by atoms with Gasteiger partial charge in [-0.2, -0.15) is 0 Å². The molecule has 0 amide bonds. The smallest absolute Gasteiger partial charge is 0.130 e. The van der Waals surface area contributed by atoms with E-state index in [-0.39, 0.29) is 6.23 Å². The topological polar surface area (TPSA) is 15.7 Å². The molecule has 2 saturated heterocycles. The predicted octanol–water partition coefficient (Wildman–Crippen LogP) is 8.79. The summed E-state index contributed by atoms with van der Waals surface area (Å²) in [6.45, 7) is 22.5. The highest BCUT2D eigenvalue weighted by atomic mass is 16.5. The summed E-state index contributed by atoms with van der Waals surface area (Å²) in [5, 5.41) is 0. The maximum atomic E-state index is 6.28. The van der Waals surface area contributed by atoms with E-state index in [1.54, 1.807) is 0 Å². The summed E-state index contributed by atoms with van der Waals surface area (Å²) >= 11 is 0. The molecule has 0 saturated carbocycles. The SMILES string of the molecule is CC.CC.CC.CC.CCCC1OCC2=CC=C=CC=C2N1C1CCN(CCc2ccccc2)CC1. The van der Waals surface area contributed by atoms with Crippen LogP contribution in [0.4, 0.5) is 0 Å². The number of fused-ring (bicyclic) bond motifs is 1. The molecule has 36 heavy (non-hydrogen) atoms. The number of likely N-dealkylation sites (tertiary alicyclic amines) is 1. The molecule has 0 N–H and O–H groups in total. The van der Waals surface area contributed by atoms with Crippen LogP contribution in [0, 0.1) is 0 Å². The third kappa shape index (κ3) is 10.9. The summed E-state index contributed by atoms with van der Waals surface area (Å²) in [5.74, 6) is 0. The van der Waals surface area contributed by atoms with Gasteiger partial charge in [-0.1, -0.05) is 99.1 Å². The Balaban J connectivity index is 0.00000140. The molecule has 2 heterocycles. The van der Waals surface area contributed by atoms with Crippen molar-refractivity contribution >= 4 is 0 Å². The first-order valence-electron chi connectivity index (χ1n) is 14.8. The van der Waals surface area contributed by atoms with Crippen molar-refractivity contribution in [3.8, 4) is 0 Å². The first kappa shape index (κ1) is 33.9. The van der Waals surface area contributed by atoms with E-state index in [0.29, 0.717) is 6.04 Å². The molecule has 2 aliphatic heterocycles. The fourth-order valence-electron chi connectivity index (χ4n) is 4.57. The van der Waals surface area contributed by atoms with Gasteiger partial charge in [-0.15, -0.1) is 5.73 Å². The second-order valence-electron chi connectivity index (χ2n) is 8.01. The summed E-state index contributed by atoms with van der Waals surface area (Å²) in [4.78, 5) is 5.22. The van der Waals surface area contributed by atoms with E-state index < -0.39 is 0 Å². The monoisotopic (exact) mass is 496 g/mol. The Labute approximate surface area is 224 Å². The van der Waals surface area contributed by atoms with Gasteiger partial charge in [-0.25, -0.2) is 0 Å². The minimum atomic E-state index is 0.209. The first-order chi connectivity index (χ1) is 17.8. The van der Waals surface area contributed by atoms with Crippen LogP contribution in [0.25, 0.3) is 0 Å². The molecule has 1 atom stereocenters. The Bertz CT molecular complexity index is 766. The molecule has 4 rings (SSSR count). The van der Waals surface area contributed by atoms with Crippen LogP contribution in [-0.4, -0.2) is 48.3 Å². The van der Waals surface area contributed by atoms with E-state index in [9.17, 15) is 0 Å². The third-order valence-corrected chi connectivity index (χ3v) is 6.11. The van der Waals surface area contributed by atoms with Crippen molar-refractivity contribution in [1.82, 2.24) is 9.80 Å². The van der Waals surface area contributed by atoms with Crippen LogP contribution in [0.1, 0.15) is 93.6 Å². The molecule has 1 aromatic carbocycles. The number of rotatable bonds is 6. The zero-order valence-electron chi connectivity index (χ0n) is 25.0. The maximum Gasteiger partial charge on any atom is 0.130 e. The van der Waals surface area contributed by atoms with Crippen LogP contribution in [-0.2, 0) is 11.2 Å². The lowest BCUT2D eigenvalue weighted by molar-refractivity contribution is -0.0838. The summed E-state index contributed by atoms with van der Waals surface area (Å²) in [7, 11) is 0. The molecule has 1 aliphatic carbocycles. The molecule has 2 fully saturated rings. The minimum absolute atomic E-state index is 0.209. The van der Waals surface area contributed by atoms with Crippen LogP contribution < -0.4 is 0 Å². The number of allylic oxidation sites excluding steroid dienone is 3. The van der Waals surface area contributed by atoms with Crippen molar-refractivity contribution in [2.45, 2.75) is 107 Å². The zero-order valence-corrected chi connectivity index (χ0v) is 25.0. The molecule has 1 aromatic rings. The van der Waals surface area contributed by atoms with Crippen LogP contribution in [0.15, 0.2) is 71.6 Å². The Morgan fingerprint density at radius 2 is 1.47 bits per heavy atom. The Morgan fingerprint density at radius 1 is 0.861 bits per heavy atom. The van der Waals surface area contributed by atoms with Gasteiger partial charge in [0.2, 0.25) is 0 Å². The van der Waals surface area contributed by atoms with E-state index in [1.807, 2.05) is 61.5 Å². The maximum absolute atomic E-state index is 6.28. The number of hydrogen-bond acceptors (Lipinski definition) is 3. The van der Waals surface area contributed by atoms with E-state index in [4.69, 9.17) is 4.74 Å². The summed E-state index contributed by atoms with van der Waals surface area (Å²) < 4.78 is 6.28. The largest absolute Gasteiger partial charge is 0.354 e. The van der Waals surface area contributed by atoms with Crippen LogP contribution in [0.2, 0.25) is 0 Å². The summed E-state index contributed by atoms with van der Waals surface area (Å²) in [6, 6.07) is 11.4. The van der Waals surface area contributed by atoms with Gasteiger partial charge in [-0.3, -0.25) is 0 Å². The van der Waals surface area contributed by atoms with Gasteiger partial charge in [0, 0.05) is 36.9 Å². The average Bonchev–Trinajstić information content (AvgIpc) is 3.23. The highest BCUT2D eigenvalue weighted by molar-refractivity contribution is 5.40. The molecule has 0 aromatic heterocycles. The van der Waals surface area contributed by atoms with E-state index >= 15 is 0 Å². The lowest BCUT2D eigenvalue weighted by Crippen LogP contribution is -2.52. The predicted molar refractivity (Wildman–Crippen MR) is 160 cm³/mol. The molecule has 3 heteroatoms. The van der Waals surface area contributed by atoms with Gasteiger partial charge in [0.15, 0.2) is 0 Å². The van der Waals surface area contributed by atoms with Gasteiger partial charge in [0.05, 0.1) is 6.61 Å². The number of nitrogens with zero attached hydrogens (tertiary/aromatic N) is 2. The van der Waals surface area contributed by atoms with E-state index in [0.717, 1.165) is 32.4 Å². The molecule has 0 bridgehead atoms. The number of hydrogen-bond donors (Lipinski definition) is 0. The van der Waals surface area contributed by atoms with Crippen LogP contribution in [0.5, 0.6) is 0 Å². The quantitative estimate of drug-likeness (QED) is 0.366. The highest BCUT2D eigenvalue weighted by Crippen LogP contribution is 2.34. The summed E-state index contributed by atoms with van der Waals surface area (Å²) in [6.07, 6.45) is 14.5. The van der Waals surface area contributed by atoms with E-state index in [1.165, 1.54) is 42.8 Å². The van der Waals surface area contributed by atoms with Crippen molar-refractivity contribution in [2.75, 3.05) is 26.2 Å². The van der Waals surface area contributed by atoms with Crippen molar-refractivity contribution in [3.63, 3.8) is 0 Å². The van der Waals surface area contributed by atoms with E-state index in [2.05, 4.69) is 71.0 Å². The highest BCUT2D eigenvalue weighted by Gasteiger charge is 2.35. The van der Waals surface area contributed by atoms with Crippen LogP contribution in [0.3, 0.4) is 0 Å². The van der Waals surface area contributed by atoms with Crippen LogP contribution >= 0.6 is 0 Å². The molecule has 3 nitrogen and oxygen atoms in total. The minimum Gasteiger partial charge on any atom is -0.354 e. The van der Waals surface area contributed by atoms with Crippen molar-refractivity contribution in [3.05, 3.63) is 77.2 Å². The Kier molecular flexibility index (Phi) is 20.9. The lowest BCUT2D eigenvalue weighted by atomic mass is 9.97. The first-order valence-corrected chi connectivity index (χ1v) is 14.8. The zero-order chi connectivity index (χ0) is 27.2. The molecule has 0 spiro atoms. The van der Waals surface area contributed by atoms with Gasteiger partial charge in [0.25, 0.3) is 0 Å². The lowest BCUT2D eigenvalue weighted by Gasteiger charge is -2.47. The van der Waals surface area contributed by atoms with Gasteiger partial charge < -0.3 is 14.5 Å². The fourth-order valence-corrected chi connectivity index (χ4v) is 4.57. The van der Waals surface area contributed by atoms with Gasteiger partial charge >= 0.3 is 0 Å². The summed E-state index contributed by atoms with van der Waals surface area (Å²) in [5.41, 5.74) is 7.31. The average molecular weight is 497 g/mol. The van der Waals surface area contributed by atoms with Crippen molar-refractivity contribution in [2.24, 2.45) is 0 Å². The molecule has 1 unspecified atom stereocenters. The number of ether oxygens (including phenoxy) is 1. The second kappa shape index (κ2) is 22.2. The second-order valence-corrected chi connectivity index (χ2v) is 8.01.